The van der Waals surface area contributed by atoms with Crippen LogP contribution in [0.15, 0.2) is 46.5 Å². The van der Waals surface area contributed by atoms with Gasteiger partial charge in [0.05, 0.1) is 15.7 Å². The first-order valence-electron chi connectivity index (χ1n) is 10.6. The van der Waals surface area contributed by atoms with Gasteiger partial charge in [-0.25, -0.2) is 18.2 Å². The van der Waals surface area contributed by atoms with Gasteiger partial charge >= 0.3 is 5.69 Å². The number of nitrogens with zero attached hydrogens (tertiary/aromatic N) is 4. The summed E-state index contributed by atoms with van der Waals surface area (Å²) in [6.07, 6.45) is 11.5. The highest BCUT2D eigenvalue weighted by atomic mass is 32.2. The van der Waals surface area contributed by atoms with Crippen LogP contribution in [0.5, 0.6) is 0 Å². The highest BCUT2D eigenvalue weighted by Crippen LogP contribution is 2.35. The van der Waals surface area contributed by atoms with Crippen LogP contribution in [0.3, 0.4) is 0 Å². The van der Waals surface area contributed by atoms with E-state index in [1.165, 1.54) is 6.20 Å². The molecule has 30 heavy (non-hydrogen) atoms. The summed E-state index contributed by atoms with van der Waals surface area (Å²) in [5.41, 5.74) is 2.68. The second kappa shape index (κ2) is 7.27. The lowest BCUT2D eigenvalue weighted by atomic mass is 10.0. The molecule has 1 fully saturated rings. The number of sulfone groups is 1. The molecule has 0 bridgehead atoms. The van der Waals surface area contributed by atoms with Crippen LogP contribution in [0.2, 0.25) is 0 Å². The molecule has 0 radical (unpaired) electrons. The number of rotatable bonds is 3. The molecular weight excluding hydrogens is 400 g/mol. The van der Waals surface area contributed by atoms with E-state index in [0.717, 1.165) is 74.1 Å². The summed E-state index contributed by atoms with van der Waals surface area (Å²) < 4.78 is 29.4. The number of aryl methyl sites for hydroxylation is 2. The molecule has 158 valence electrons. The zero-order chi connectivity index (χ0) is 20.9. The van der Waals surface area contributed by atoms with Gasteiger partial charge in [0.15, 0.2) is 9.84 Å². The maximum absolute atomic E-state index is 13.1. The smallest absolute Gasteiger partial charge is 0.326 e. The van der Waals surface area contributed by atoms with Crippen LogP contribution in [-0.4, -0.2) is 34.2 Å². The van der Waals surface area contributed by atoms with Crippen LogP contribution >= 0.6 is 0 Å². The SMILES string of the molecule is Cn1cc2cc(N3CCCc4cc(S(=O)(=O)C5CCCCC5)cnc43)ccn2c1=O. The van der Waals surface area contributed by atoms with E-state index < -0.39 is 9.84 Å². The molecule has 0 unspecified atom stereocenters. The summed E-state index contributed by atoms with van der Waals surface area (Å²) in [6, 6.07) is 5.73. The second-order valence-electron chi connectivity index (χ2n) is 8.42. The molecule has 0 spiro atoms. The van der Waals surface area contributed by atoms with Crippen molar-refractivity contribution in [3.05, 3.63) is 52.8 Å². The summed E-state index contributed by atoms with van der Waals surface area (Å²) >= 11 is 0. The van der Waals surface area contributed by atoms with Gasteiger partial charge in [-0.05, 0) is 49.4 Å². The largest absolute Gasteiger partial charge is 0.332 e. The first-order valence-corrected chi connectivity index (χ1v) is 12.2. The Bertz CT molecular complexity index is 1270. The molecule has 1 saturated carbocycles. The third kappa shape index (κ3) is 3.14. The van der Waals surface area contributed by atoms with Crippen molar-refractivity contribution in [2.45, 2.75) is 55.1 Å². The summed E-state index contributed by atoms with van der Waals surface area (Å²) in [7, 11) is -1.59. The molecule has 0 aromatic carbocycles. The fourth-order valence-electron chi connectivity index (χ4n) is 4.79. The lowest BCUT2D eigenvalue weighted by Crippen LogP contribution is -2.28. The molecule has 3 aromatic rings. The zero-order valence-corrected chi connectivity index (χ0v) is 17.9. The molecule has 1 aliphatic carbocycles. The van der Waals surface area contributed by atoms with Gasteiger partial charge in [0, 0.05) is 37.9 Å². The fourth-order valence-corrected chi connectivity index (χ4v) is 6.63. The number of hydrogen-bond donors (Lipinski definition) is 0. The molecular formula is C22H26N4O3S. The Labute approximate surface area is 175 Å². The van der Waals surface area contributed by atoms with Crippen LogP contribution < -0.4 is 10.6 Å². The Morgan fingerprint density at radius 2 is 1.90 bits per heavy atom. The van der Waals surface area contributed by atoms with Crippen molar-refractivity contribution < 1.29 is 8.42 Å². The minimum Gasteiger partial charge on any atom is -0.326 e. The average molecular weight is 427 g/mol. The van der Waals surface area contributed by atoms with Crippen molar-refractivity contribution in [2.24, 2.45) is 7.05 Å². The van der Waals surface area contributed by atoms with Crippen molar-refractivity contribution in [1.82, 2.24) is 14.0 Å². The molecule has 0 amide bonds. The quantitative estimate of drug-likeness (QED) is 0.643. The van der Waals surface area contributed by atoms with Gasteiger partial charge < -0.3 is 9.47 Å². The van der Waals surface area contributed by atoms with Crippen LogP contribution in [0.1, 0.15) is 44.1 Å². The van der Waals surface area contributed by atoms with E-state index in [4.69, 9.17) is 0 Å². The Morgan fingerprint density at radius 1 is 1.10 bits per heavy atom. The van der Waals surface area contributed by atoms with Gasteiger partial charge in [-0.2, -0.15) is 0 Å². The standard InChI is InChI=1S/C22H26N4O3S/c1-24-15-18-13-17(9-11-26(18)22(24)27)25-10-5-6-16-12-20(14-23-21(16)25)30(28,29)19-7-3-2-4-8-19/h9,11-15,19H,2-8,10H2,1H3. The molecule has 0 atom stereocenters. The van der Waals surface area contributed by atoms with Gasteiger partial charge in [0.2, 0.25) is 0 Å². The summed E-state index contributed by atoms with van der Waals surface area (Å²) in [4.78, 5) is 19.2. The number of anilines is 2. The average Bonchev–Trinajstić information content (AvgIpc) is 3.06. The highest BCUT2D eigenvalue weighted by molar-refractivity contribution is 7.92. The molecule has 3 aromatic heterocycles. The lowest BCUT2D eigenvalue weighted by molar-refractivity contribution is 0.483. The number of aromatic nitrogens is 3. The molecule has 1 aliphatic heterocycles. The minimum atomic E-state index is -3.33. The van der Waals surface area contributed by atoms with E-state index in [1.807, 2.05) is 24.4 Å². The summed E-state index contributed by atoms with van der Waals surface area (Å²) in [5, 5.41) is -0.274. The number of fused-ring (bicyclic) bond motifs is 2. The van der Waals surface area contributed by atoms with Crippen molar-refractivity contribution in [2.75, 3.05) is 11.4 Å². The Kier molecular flexibility index (Phi) is 4.69. The monoisotopic (exact) mass is 426 g/mol. The minimum absolute atomic E-state index is 0.0775. The Balaban J connectivity index is 1.51. The molecule has 0 saturated heterocycles. The number of pyridine rings is 2. The zero-order valence-electron chi connectivity index (χ0n) is 17.1. The van der Waals surface area contributed by atoms with E-state index in [2.05, 4.69) is 9.88 Å². The van der Waals surface area contributed by atoms with E-state index >= 15 is 0 Å². The van der Waals surface area contributed by atoms with Crippen molar-refractivity contribution in [1.29, 1.82) is 0 Å². The molecule has 5 rings (SSSR count). The van der Waals surface area contributed by atoms with Crippen LogP contribution in [-0.2, 0) is 23.3 Å². The summed E-state index contributed by atoms with van der Waals surface area (Å²) in [5.74, 6) is 0.812. The molecule has 0 N–H and O–H groups in total. The number of hydrogen-bond acceptors (Lipinski definition) is 5. The van der Waals surface area contributed by atoms with Gasteiger partial charge in [-0.3, -0.25) is 4.40 Å². The van der Waals surface area contributed by atoms with Gasteiger partial charge in [0.1, 0.15) is 5.82 Å². The summed E-state index contributed by atoms with van der Waals surface area (Å²) in [6.45, 7) is 0.808. The molecule has 7 nitrogen and oxygen atoms in total. The first-order chi connectivity index (χ1) is 14.4. The van der Waals surface area contributed by atoms with Crippen LogP contribution in [0.25, 0.3) is 5.52 Å². The Morgan fingerprint density at radius 3 is 2.70 bits per heavy atom. The third-order valence-corrected chi connectivity index (χ3v) is 8.66. The van der Waals surface area contributed by atoms with Crippen molar-refractivity contribution in [3.8, 4) is 0 Å². The normalized spacial score (nSPS) is 18.0. The van der Waals surface area contributed by atoms with E-state index in [-0.39, 0.29) is 10.9 Å². The Hall–Kier alpha value is -2.61. The number of imidazole rings is 1. The second-order valence-corrected chi connectivity index (χ2v) is 10.6. The van der Waals surface area contributed by atoms with E-state index in [0.29, 0.717) is 4.90 Å². The van der Waals surface area contributed by atoms with Gasteiger partial charge in [0.25, 0.3) is 0 Å². The van der Waals surface area contributed by atoms with Crippen LogP contribution in [0, 0.1) is 0 Å². The topological polar surface area (TPSA) is 76.7 Å². The molecule has 2 aliphatic rings. The predicted molar refractivity (Wildman–Crippen MR) is 116 cm³/mol. The first kappa shape index (κ1) is 19.4. The molecule has 8 heteroatoms. The van der Waals surface area contributed by atoms with E-state index in [9.17, 15) is 13.2 Å². The van der Waals surface area contributed by atoms with Gasteiger partial charge in [-0.1, -0.05) is 19.3 Å². The van der Waals surface area contributed by atoms with Crippen molar-refractivity contribution >= 4 is 26.9 Å². The van der Waals surface area contributed by atoms with Gasteiger partial charge in [-0.15, -0.1) is 0 Å². The fraction of sp³-hybridized carbons (Fsp3) is 0.455. The maximum atomic E-state index is 13.1. The highest BCUT2D eigenvalue weighted by Gasteiger charge is 2.31. The predicted octanol–water partition coefficient (Wildman–Crippen LogP) is 3.22. The van der Waals surface area contributed by atoms with Crippen LogP contribution in [0.4, 0.5) is 11.5 Å². The van der Waals surface area contributed by atoms with Crippen molar-refractivity contribution in [3.63, 3.8) is 0 Å². The molecule has 4 heterocycles. The maximum Gasteiger partial charge on any atom is 0.332 e. The third-order valence-electron chi connectivity index (χ3n) is 6.43. The van der Waals surface area contributed by atoms with E-state index in [1.54, 1.807) is 22.2 Å². The lowest BCUT2D eigenvalue weighted by Gasteiger charge is -2.30.